The number of aromatic nitrogens is 2. The number of fused-ring (bicyclic) bond motifs is 6. The smallest absolute Gasteiger partial charge is 0.160 e. The molecule has 0 bridgehead atoms. The third kappa shape index (κ3) is 5.15. The van der Waals surface area contributed by atoms with Crippen molar-refractivity contribution in [1.29, 1.82) is 0 Å². The van der Waals surface area contributed by atoms with Crippen molar-refractivity contribution in [3.8, 4) is 56.0 Å². The molecule has 10 rings (SSSR count). The van der Waals surface area contributed by atoms with Gasteiger partial charge in [-0.05, 0) is 75.2 Å². The fourth-order valence-corrected chi connectivity index (χ4v) is 7.24. The van der Waals surface area contributed by atoms with Crippen molar-refractivity contribution in [3.63, 3.8) is 0 Å². The van der Waals surface area contributed by atoms with Gasteiger partial charge in [0.25, 0.3) is 0 Å². The van der Waals surface area contributed by atoms with Crippen molar-refractivity contribution < 1.29 is 4.42 Å². The van der Waals surface area contributed by atoms with E-state index in [0.717, 1.165) is 77.1 Å². The number of rotatable bonds is 5. The molecule has 8 aromatic carbocycles. The summed E-state index contributed by atoms with van der Waals surface area (Å²) in [5, 5.41) is 5.46. The predicted molar refractivity (Wildman–Crippen MR) is 212 cm³/mol. The Morgan fingerprint density at radius 2 is 0.882 bits per heavy atom. The highest BCUT2D eigenvalue weighted by Crippen LogP contribution is 2.38. The zero-order valence-electron chi connectivity index (χ0n) is 27.6. The molecule has 238 valence electrons. The number of nitrogens with zero attached hydrogens (tertiary/aromatic N) is 2. The molecule has 0 aliphatic rings. The molecule has 3 heteroatoms. The van der Waals surface area contributed by atoms with Gasteiger partial charge in [0.1, 0.15) is 11.2 Å². The fraction of sp³-hybridized carbons (Fsp3) is 0. The van der Waals surface area contributed by atoms with E-state index in [1.54, 1.807) is 0 Å². The van der Waals surface area contributed by atoms with E-state index in [9.17, 15) is 0 Å². The maximum absolute atomic E-state index is 6.38. The van der Waals surface area contributed by atoms with Gasteiger partial charge in [-0.25, -0.2) is 9.97 Å². The second-order valence-corrected chi connectivity index (χ2v) is 13.0. The van der Waals surface area contributed by atoms with Gasteiger partial charge in [-0.15, -0.1) is 0 Å². The molecular formula is C48H30N2O. The molecule has 0 saturated heterocycles. The van der Waals surface area contributed by atoms with E-state index in [4.69, 9.17) is 14.4 Å². The van der Waals surface area contributed by atoms with Crippen LogP contribution in [0.15, 0.2) is 186 Å². The van der Waals surface area contributed by atoms with Crippen molar-refractivity contribution >= 4 is 43.6 Å². The Labute approximate surface area is 295 Å². The average molecular weight is 651 g/mol. The normalized spacial score (nSPS) is 11.5. The van der Waals surface area contributed by atoms with Crippen LogP contribution in [0.2, 0.25) is 0 Å². The third-order valence-electron chi connectivity index (χ3n) is 9.90. The van der Waals surface area contributed by atoms with Crippen LogP contribution in [0.3, 0.4) is 0 Å². The van der Waals surface area contributed by atoms with Crippen LogP contribution < -0.4 is 0 Å². The molecule has 0 radical (unpaired) electrons. The quantitative estimate of drug-likeness (QED) is 0.186. The van der Waals surface area contributed by atoms with Gasteiger partial charge in [-0.1, -0.05) is 146 Å². The van der Waals surface area contributed by atoms with Gasteiger partial charge in [-0.2, -0.15) is 0 Å². The van der Waals surface area contributed by atoms with Crippen LogP contribution in [-0.4, -0.2) is 9.97 Å². The van der Waals surface area contributed by atoms with Gasteiger partial charge in [0, 0.05) is 32.7 Å². The minimum atomic E-state index is 0.699. The van der Waals surface area contributed by atoms with Gasteiger partial charge in [0.15, 0.2) is 5.82 Å². The standard InChI is InChI=1S/C48H30N2O/c1-3-9-31(10-4-1)33-15-17-35(18-16-33)37-25-28-44-43(30-37)46(50-48(49-44)36-21-19-34(20-22-36)32-11-5-2-6-12-32)39-24-26-40-38(29-39)23-27-42-41-13-7-8-14-45(41)51-47(40)42/h1-30H. The first-order chi connectivity index (χ1) is 25.2. The van der Waals surface area contributed by atoms with Gasteiger partial charge in [0.2, 0.25) is 0 Å². The summed E-state index contributed by atoms with van der Waals surface area (Å²) < 4.78 is 6.38. The Morgan fingerprint density at radius 3 is 1.59 bits per heavy atom. The molecule has 0 atom stereocenters. The Kier molecular flexibility index (Phi) is 6.81. The number of para-hydroxylation sites is 1. The van der Waals surface area contributed by atoms with Crippen molar-refractivity contribution in [2.75, 3.05) is 0 Å². The van der Waals surface area contributed by atoms with Gasteiger partial charge in [0.05, 0.1) is 11.2 Å². The van der Waals surface area contributed by atoms with E-state index >= 15 is 0 Å². The molecular weight excluding hydrogens is 621 g/mol. The summed E-state index contributed by atoms with van der Waals surface area (Å²) in [5.41, 5.74) is 12.6. The van der Waals surface area contributed by atoms with Crippen molar-refractivity contribution in [2.24, 2.45) is 0 Å². The molecule has 0 aliphatic carbocycles. The van der Waals surface area contributed by atoms with Gasteiger partial charge >= 0.3 is 0 Å². The molecule has 2 aromatic heterocycles. The van der Waals surface area contributed by atoms with Gasteiger partial charge < -0.3 is 4.42 Å². The molecule has 3 nitrogen and oxygen atoms in total. The summed E-state index contributed by atoms with van der Waals surface area (Å²) in [6, 6.07) is 63.9. The van der Waals surface area contributed by atoms with Crippen molar-refractivity contribution in [3.05, 3.63) is 182 Å². The van der Waals surface area contributed by atoms with Crippen molar-refractivity contribution in [2.45, 2.75) is 0 Å². The maximum atomic E-state index is 6.38. The Balaban J connectivity index is 1.12. The van der Waals surface area contributed by atoms with E-state index in [-0.39, 0.29) is 0 Å². The zero-order chi connectivity index (χ0) is 33.7. The van der Waals surface area contributed by atoms with Crippen LogP contribution in [0.5, 0.6) is 0 Å². The van der Waals surface area contributed by atoms with Crippen LogP contribution in [0.1, 0.15) is 0 Å². The van der Waals surface area contributed by atoms with Crippen LogP contribution in [0, 0.1) is 0 Å². The van der Waals surface area contributed by atoms with E-state index in [1.165, 1.54) is 16.7 Å². The summed E-state index contributed by atoms with van der Waals surface area (Å²) >= 11 is 0. The first-order valence-electron chi connectivity index (χ1n) is 17.2. The molecule has 51 heavy (non-hydrogen) atoms. The lowest BCUT2D eigenvalue weighted by molar-refractivity contribution is 0.672. The number of hydrogen-bond acceptors (Lipinski definition) is 3. The summed E-state index contributed by atoms with van der Waals surface area (Å²) in [6.45, 7) is 0. The lowest BCUT2D eigenvalue weighted by Gasteiger charge is -2.13. The van der Waals surface area contributed by atoms with Crippen LogP contribution >= 0.6 is 0 Å². The Morgan fingerprint density at radius 1 is 0.333 bits per heavy atom. The van der Waals surface area contributed by atoms with Crippen LogP contribution in [0.25, 0.3) is 99.6 Å². The molecule has 0 N–H and O–H groups in total. The molecule has 2 heterocycles. The highest BCUT2D eigenvalue weighted by molar-refractivity contribution is 6.15. The monoisotopic (exact) mass is 650 g/mol. The second kappa shape index (κ2) is 11.9. The van der Waals surface area contributed by atoms with Crippen molar-refractivity contribution in [1.82, 2.24) is 9.97 Å². The summed E-state index contributed by atoms with van der Waals surface area (Å²) in [4.78, 5) is 10.4. The SMILES string of the molecule is c1ccc(-c2ccc(-c3ccc4nc(-c5ccc(-c6ccccc6)cc5)nc(-c5ccc6c(ccc7c8ccccc8oc67)c5)c4c3)cc2)cc1. The minimum absolute atomic E-state index is 0.699. The molecule has 10 aromatic rings. The van der Waals surface area contributed by atoms with E-state index in [1.807, 2.05) is 24.3 Å². The fourth-order valence-electron chi connectivity index (χ4n) is 7.24. The summed E-state index contributed by atoms with van der Waals surface area (Å²) in [5.74, 6) is 0.699. The Hall–Kier alpha value is -6.84. The number of furan rings is 1. The zero-order valence-corrected chi connectivity index (χ0v) is 27.6. The molecule has 0 amide bonds. The summed E-state index contributed by atoms with van der Waals surface area (Å²) in [6.07, 6.45) is 0. The van der Waals surface area contributed by atoms with E-state index in [0.29, 0.717) is 5.82 Å². The lowest BCUT2D eigenvalue weighted by Crippen LogP contribution is -1.96. The predicted octanol–water partition coefficient (Wildman–Crippen LogP) is 13.0. The Bertz CT molecular complexity index is 2870. The first kappa shape index (κ1) is 29.1. The largest absolute Gasteiger partial charge is 0.455 e. The van der Waals surface area contributed by atoms with Crippen LogP contribution in [-0.2, 0) is 0 Å². The third-order valence-corrected chi connectivity index (χ3v) is 9.90. The van der Waals surface area contributed by atoms with Gasteiger partial charge in [-0.3, -0.25) is 0 Å². The highest BCUT2D eigenvalue weighted by Gasteiger charge is 2.16. The first-order valence-corrected chi connectivity index (χ1v) is 17.2. The van der Waals surface area contributed by atoms with E-state index < -0.39 is 0 Å². The maximum Gasteiger partial charge on any atom is 0.160 e. The van der Waals surface area contributed by atoms with E-state index in [2.05, 4.69) is 158 Å². The summed E-state index contributed by atoms with van der Waals surface area (Å²) in [7, 11) is 0. The molecule has 0 saturated carbocycles. The molecule has 0 fully saturated rings. The topological polar surface area (TPSA) is 38.9 Å². The molecule has 0 spiro atoms. The highest BCUT2D eigenvalue weighted by atomic mass is 16.3. The average Bonchev–Trinajstić information content (AvgIpc) is 3.60. The molecule has 0 aliphatic heterocycles. The number of benzene rings is 8. The second-order valence-electron chi connectivity index (χ2n) is 13.0. The number of hydrogen-bond donors (Lipinski definition) is 0. The molecule has 0 unspecified atom stereocenters. The lowest BCUT2D eigenvalue weighted by atomic mass is 9.96. The van der Waals surface area contributed by atoms with Crippen LogP contribution in [0.4, 0.5) is 0 Å². The minimum Gasteiger partial charge on any atom is -0.455 e.